The third-order valence-electron chi connectivity index (χ3n) is 3.27. The Balaban J connectivity index is 2.01. The topological polar surface area (TPSA) is 57.8 Å². The van der Waals surface area contributed by atoms with Gasteiger partial charge in [0.05, 0.1) is 0 Å². The molecule has 0 bridgehead atoms. The summed E-state index contributed by atoms with van der Waals surface area (Å²) >= 11 is 0. The number of benzene rings is 1. The Morgan fingerprint density at radius 2 is 2.05 bits per heavy atom. The average molecular weight is 271 g/mol. The first-order valence-electron chi connectivity index (χ1n) is 6.96. The van der Waals surface area contributed by atoms with Crippen LogP contribution in [0.5, 0.6) is 0 Å². The highest BCUT2D eigenvalue weighted by Gasteiger charge is 2.05. The van der Waals surface area contributed by atoms with Crippen molar-refractivity contribution in [2.45, 2.75) is 33.1 Å². The van der Waals surface area contributed by atoms with E-state index in [1.165, 1.54) is 17.2 Å². The van der Waals surface area contributed by atoms with Gasteiger partial charge in [0, 0.05) is 18.5 Å². The molecule has 1 aromatic heterocycles. The van der Waals surface area contributed by atoms with E-state index in [9.17, 15) is 4.79 Å². The van der Waals surface area contributed by atoms with E-state index in [1.54, 1.807) is 0 Å². The second kappa shape index (κ2) is 6.37. The van der Waals surface area contributed by atoms with Crippen LogP contribution in [0.1, 0.15) is 36.7 Å². The summed E-state index contributed by atoms with van der Waals surface area (Å²) in [6.45, 7) is 6.89. The molecule has 0 unspecified atom stereocenters. The van der Waals surface area contributed by atoms with Gasteiger partial charge >= 0.3 is 0 Å². The predicted octanol–water partition coefficient (Wildman–Crippen LogP) is 2.86. The molecule has 20 heavy (non-hydrogen) atoms. The molecule has 1 heterocycles. The number of aromatic amines is 1. The van der Waals surface area contributed by atoms with Gasteiger partial charge < -0.3 is 10.3 Å². The van der Waals surface area contributed by atoms with Crippen LogP contribution >= 0.6 is 0 Å². The van der Waals surface area contributed by atoms with Crippen LogP contribution < -0.4 is 10.9 Å². The molecule has 2 rings (SSSR count). The maximum absolute atomic E-state index is 11.6. The Morgan fingerprint density at radius 1 is 1.30 bits per heavy atom. The number of hydrogen-bond donors (Lipinski definition) is 2. The Kier molecular flexibility index (Phi) is 4.56. The molecule has 0 aliphatic heterocycles. The number of hydrogen-bond acceptors (Lipinski definition) is 3. The summed E-state index contributed by atoms with van der Waals surface area (Å²) in [6, 6.07) is 9.83. The molecule has 4 heteroatoms. The van der Waals surface area contributed by atoms with Gasteiger partial charge in [0.25, 0.3) is 5.56 Å². The van der Waals surface area contributed by atoms with Gasteiger partial charge in [0.15, 0.2) is 0 Å². The normalized spacial score (nSPS) is 10.8. The van der Waals surface area contributed by atoms with Crippen LogP contribution in [0.3, 0.4) is 0 Å². The molecule has 2 aromatic rings. The summed E-state index contributed by atoms with van der Waals surface area (Å²) in [5, 5.41) is 3.23. The van der Waals surface area contributed by atoms with Crippen LogP contribution in [-0.4, -0.2) is 16.5 Å². The Labute approximate surface area is 119 Å². The fourth-order valence-electron chi connectivity index (χ4n) is 2.06. The van der Waals surface area contributed by atoms with E-state index in [0.717, 1.165) is 18.8 Å². The van der Waals surface area contributed by atoms with Crippen molar-refractivity contribution in [3.8, 4) is 0 Å². The molecule has 0 saturated carbocycles. The maximum atomic E-state index is 11.6. The third kappa shape index (κ3) is 3.70. The number of H-pyrrole nitrogens is 1. The highest BCUT2D eigenvalue weighted by molar-refractivity contribution is 5.34. The zero-order valence-electron chi connectivity index (χ0n) is 12.2. The minimum absolute atomic E-state index is 0.109. The standard InChI is InChI=1S/C16H21N3O/c1-11(2)16-18-14(10-15(20)19-16)17-9-8-13-7-5-4-6-12(13)3/h4-7,10-11H,8-9H2,1-3H3,(H2,17,18,19,20). The van der Waals surface area contributed by atoms with Gasteiger partial charge in [0.1, 0.15) is 11.6 Å². The van der Waals surface area contributed by atoms with Gasteiger partial charge in [-0.2, -0.15) is 0 Å². The molecule has 2 N–H and O–H groups in total. The second-order valence-electron chi connectivity index (χ2n) is 5.27. The fraction of sp³-hybridized carbons (Fsp3) is 0.375. The Morgan fingerprint density at radius 3 is 2.75 bits per heavy atom. The number of nitrogens with zero attached hydrogens (tertiary/aromatic N) is 1. The van der Waals surface area contributed by atoms with E-state index in [-0.39, 0.29) is 11.5 Å². The lowest BCUT2D eigenvalue weighted by atomic mass is 10.1. The smallest absolute Gasteiger partial charge is 0.252 e. The van der Waals surface area contributed by atoms with Gasteiger partial charge in [-0.05, 0) is 24.5 Å². The van der Waals surface area contributed by atoms with E-state index in [1.807, 2.05) is 26.0 Å². The van der Waals surface area contributed by atoms with Crippen molar-refractivity contribution in [2.75, 3.05) is 11.9 Å². The van der Waals surface area contributed by atoms with Gasteiger partial charge in [-0.1, -0.05) is 38.1 Å². The maximum Gasteiger partial charge on any atom is 0.252 e. The van der Waals surface area contributed by atoms with Gasteiger partial charge in [-0.3, -0.25) is 4.79 Å². The van der Waals surface area contributed by atoms with E-state index in [0.29, 0.717) is 5.82 Å². The van der Waals surface area contributed by atoms with Crippen molar-refractivity contribution in [2.24, 2.45) is 0 Å². The monoisotopic (exact) mass is 271 g/mol. The van der Waals surface area contributed by atoms with Crippen molar-refractivity contribution in [3.05, 3.63) is 57.6 Å². The molecule has 0 atom stereocenters. The van der Waals surface area contributed by atoms with Gasteiger partial charge in [0.2, 0.25) is 0 Å². The van der Waals surface area contributed by atoms with Crippen molar-refractivity contribution in [1.82, 2.24) is 9.97 Å². The minimum atomic E-state index is -0.109. The first-order chi connectivity index (χ1) is 9.56. The number of aromatic nitrogens is 2. The van der Waals surface area contributed by atoms with Gasteiger partial charge in [-0.25, -0.2) is 4.98 Å². The summed E-state index contributed by atoms with van der Waals surface area (Å²) in [6.07, 6.45) is 0.915. The van der Waals surface area contributed by atoms with Crippen molar-refractivity contribution in [3.63, 3.8) is 0 Å². The van der Waals surface area contributed by atoms with Crippen molar-refractivity contribution >= 4 is 5.82 Å². The molecular formula is C16H21N3O. The van der Waals surface area contributed by atoms with E-state index in [2.05, 4.69) is 34.3 Å². The molecule has 0 saturated heterocycles. The highest BCUT2D eigenvalue weighted by atomic mass is 16.1. The summed E-state index contributed by atoms with van der Waals surface area (Å²) in [5.74, 6) is 1.57. The van der Waals surface area contributed by atoms with Gasteiger partial charge in [-0.15, -0.1) is 0 Å². The molecule has 106 valence electrons. The lowest BCUT2D eigenvalue weighted by Crippen LogP contribution is -2.15. The largest absolute Gasteiger partial charge is 0.370 e. The average Bonchev–Trinajstić information content (AvgIpc) is 2.40. The quantitative estimate of drug-likeness (QED) is 0.879. The SMILES string of the molecule is Cc1ccccc1CCNc1cc(=O)[nH]c(C(C)C)n1. The van der Waals surface area contributed by atoms with Crippen LogP contribution in [0.25, 0.3) is 0 Å². The van der Waals surface area contributed by atoms with E-state index in [4.69, 9.17) is 0 Å². The lowest BCUT2D eigenvalue weighted by molar-refractivity contribution is 0.766. The molecular weight excluding hydrogens is 250 g/mol. The molecule has 0 spiro atoms. The second-order valence-corrected chi connectivity index (χ2v) is 5.27. The predicted molar refractivity (Wildman–Crippen MR) is 82.3 cm³/mol. The van der Waals surface area contributed by atoms with Crippen LogP contribution in [0.4, 0.5) is 5.82 Å². The van der Waals surface area contributed by atoms with E-state index < -0.39 is 0 Å². The first kappa shape index (κ1) is 14.3. The van der Waals surface area contributed by atoms with Crippen LogP contribution in [0, 0.1) is 6.92 Å². The molecule has 0 amide bonds. The van der Waals surface area contributed by atoms with Crippen molar-refractivity contribution in [1.29, 1.82) is 0 Å². The molecule has 4 nitrogen and oxygen atoms in total. The van der Waals surface area contributed by atoms with Crippen LogP contribution in [0.2, 0.25) is 0 Å². The number of anilines is 1. The van der Waals surface area contributed by atoms with Crippen LogP contribution in [-0.2, 0) is 6.42 Å². The highest BCUT2D eigenvalue weighted by Crippen LogP contribution is 2.10. The summed E-state index contributed by atoms with van der Waals surface area (Å²) in [7, 11) is 0. The summed E-state index contributed by atoms with van der Waals surface area (Å²) in [4.78, 5) is 18.7. The fourth-order valence-corrected chi connectivity index (χ4v) is 2.06. The van der Waals surface area contributed by atoms with Crippen LogP contribution in [0.15, 0.2) is 35.1 Å². The lowest BCUT2D eigenvalue weighted by Gasteiger charge is -2.10. The summed E-state index contributed by atoms with van der Waals surface area (Å²) in [5.41, 5.74) is 2.49. The first-order valence-corrected chi connectivity index (χ1v) is 6.96. The minimum Gasteiger partial charge on any atom is -0.370 e. The third-order valence-corrected chi connectivity index (χ3v) is 3.27. The molecule has 0 aliphatic carbocycles. The number of nitrogens with one attached hydrogen (secondary N) is 2. The molecule has 0 aliphatic rings. The molecule has 0 radical (unpaired) electrons. The molecule has 1 aromatic carbocycles. The molecule has 0 fully saturated rings. The Bertz CT molecular complexity index is 632. The Hall–Kier alpha value is -2.10. The summed E-state index contributed by atoms with van der Waals surface area (Å²) < 4.78 is 0. The number of rotatable bonds is 5. The number of aryl methyl sites for hydroxylation is 1. The van der Waals surface area contributed by atoms with E-state index >= 15 is 0 Å². The zero-order chi connectivity index (χ0) is 14.5. The zero-order valence-corrected chi connectivity index (χ0v) is 12.2. The van der Waals surface area contributed by atoms with Crippen molar-refractivity contribution < 1.29 is 0 Å².